The molecule has 0 aliphatic carbocycles. The molecule has 0 saturated heterocycles. The zero-order valence-electron chi connectivity index (χ0n) is 7.97. The van der Waals surface area contributed by atoms with Gasteiger partial charge in [0.15, 0.2) is 0 Å². The van der Waals surface area contributed by atoms with Gasteiger partial charge >= 0.3 is 0 Å². The average molecular weight is 159 g/mol. The zero-order valence-corrected chi connectivity index (χ0v) is 7.97. The first-order valence-corrected chi connectivity index (χ1v) is 3.67. The Morgan fingerprint density at radius 1 is 1.45 bits per heavy atom. The lowest BCUT2D eigenvalue weighted by atomic mass is 9.92. The Hall–Kier alpha value is -0.570. The van der Waals surface area contributed by atoms with Crippen LogP contribution in [0.5, 0.6) is 0 Å². The number of nitrogens with zero attached hydrogens (tertiary/aromatic N) is 1. The van der Waals surface area contributed by atoms with Crippen molar-refractivity contribution in [2.75, 3.05) is 14.2 Å². The minimum Gasteiger partial charge on any atom is -0.275 e. The van der Waals surface area contributed by atoms with E-state index in [-0.39, 0.29) is 11.3 Å². The highest BCUT2D eigenvalue weighted by molar-refractivity contribution is 5.75. The molecule has 0 aliphatic rings. The summed E-state index contributed by atoms with van der Waals surface area (Å²) < 4.78 is 0. The van der Waals surface area contributed by atoms with Crippen LogP contribution in [-0.2, 0) is 9.63 Å². The third kappa shape index (κ3) is 4.79. The van der Waals surface area contributed by atoms with E-state index in [4.69, 9.17) is 4.84 Å². The lowest BCUT2D eigenvalue weighted by Crippen LogP contribution is -2.28. The Morgan fingerprint density at radius 2 is 1.91 bits per heavy atom. The summed E-state index contributed by atoms with van der Waals surface area (Å²) in [6.45, 7) is 6.07. The SMILES string of the molecule is CON(C)C(=O)CC(C)(C)C. The van der Waals surface area contributed by atoms with Gasteiger partial charge in [-0.05, 0) is 5.41 Å². The number of rotatable bonds is 2. The zero-order chi connectivity index (χ0) is 9.07. The Bertz CT molecular complexity index is 138. The topological polar surface area (TPSA) is 29.5 Å². The first kappa shape index (κ1) is 10.4. The molecule has 0 aliphatic heterocycles. The molecule has 3 nitrogen and oxygen atoms in total. The number of amides is 1. The van der Waals surface area contributed by atoms with E-state index < -0.39 is 0 Å². The highest BCUT2D eigenvalue weighted by Gasteiger charge is 2.18. The van der Waals surface area contributed by atoms with E-state index in [2.05, 4.69) is 0 Å². The lowest BCUT2D eigenvalue weighted by Gasteiger charge is -2.21. The summed E-state index contributed by atoms with van der Waals surface area (Å²) in [5.74, 6) is 0.0139. The largest absolute Gasteiger partial charge is 0.275 e. The highest BCUT2D eigenvalue weighted by Crippen LogP contribution is 2.19. The molecule has 0 spiro atoms. The molecule has 0 atom stereocenters. The maximum absolute atomic E-state index is 11.2. The fourth-order valence-electron chi connectivity index (χ4n) is 0.667. The molecule has 0 aromatic carbocycles. The summed E-state index contributed by atoms with van der Waals surface area (Å²) in [5.41, 5.74) is 0.0316. The van der Waals surface area contributed by atoms with E-state index in [1.54, 1.807) is 7.05 Å². The maximum Gasteiger partial charge on any atom is 0.246 e. The van der Waals surface area contributed by atoms with E-state index in [0.29, 0.717) is 6.42 Å². The normalized spacial score (nSPS) is 11.4. The Labute approximate surface area is 68.3 Å². The molecule has 66 valence electrons. The van der Waals surface area contributed by atoms with Crippen LogP contribution in [0.15, 0.2) is 0 Å². The van der Waals surface area contributed by atoms with Crippen molar-refractivity contribution < 1.29 is 9.63 Å². The van der Waals surface area contributed by atoms with E-state index >= 15 is 0 Å². The molecule has 1 amide bonds. The first-order chi connectivity index (χ1) is 4.87. The predicted molar refractivity (Wildman–Crippen MR) is 43.9 cm³/mol. The van der Waals surface area contributed by atoms with Gasteiger partial charge in [-0.1, -0.05) is 20.8 Å². The van der Waals surface area contributed by atoms with E-state index in [9.17, 15) is 4.79 Å². The van der Waals surface area contributed by atoms with Crippen molar-refractivity contribution in [2.45, 2.75) is 27.2 Å². The minimum atomic E-state index is 0.0139. The van der Waals surface area contributed by atoms with Gasteiger partial charge in [-0.2, -0.15) is 0 Å². The lowest BCUT2D eigenvalue weighted by molar-refractivity contribution is -0.170. The van der Waals surface area contributed by atoms with E-state index in [1.165, 1.54) is 12.2 Å². The number of carbonyl (C=O) groups excluding carboxylic acids is 1. The third-order valence-electron chi connectivity index (χ3n) is 1.31. The van der Waals surface area contributed by atoms with Gasteiger partial charge in [-0.15, -0.1) is 0 Å². The maximum atomic E-state index is 11.2. The molecular weight excluding hydrogens is 142 g/mol. The van der Waals surface area contributed by atoms with Gasteiger partial charge in [-0.25, -0.2) is 5.06 Å². The van der Waals surface area contributed by atoms with Crippen LogP contribution in [0.3, 0.4) is 0 Å². The van der Waals surface area contributed by atoms with Crippen molar-refractivity contribution in [2.24, 2.45) is 5.41 Å². The summed E-state index contributed by atoms with van der Waals surface area (Å²) >= 11 is 0. The first-order valence-electron chi connectivity index (χ1n) is 3.67. The average Bonchev–Trinajstić information content (AvgIpc) is 1.82. The molecule has 11 heavy (non-hydrogen) atoms. The Kier molecular flexibility index (Phi) is 3.52. The van der Waals surface area contributed by atoms with Crippen LogP contribution in [0.2, 0.25) is 0 Å². The van der Waals surface area contributed by atoms with Crippen molar-refractivity contribution in [1.29, 1.82) is 0 Å². The van der Waals surface area contributed by atoms with Crippen LogP contribution in [0.25, 0.3) is 0 Å². The van der Waals surface area contributed by atoms with Crippen LogP contribution >= 0.6 is 0 Å². The number of hydroxylamine groups is 2. The van der Waals surface area contributed by atoms with Gasteiger partial charge in [0.1, 0.15) is 0 Å². The van der Waals surface area contributed by atoms with Gasteiger partial charge in [0.05, 0.1) is 7.11 Å². The standard InChI is InChI=1S/C8H17NO2/c1-8(2,3)6-7(10)9(4)11-5/h6H2,1-5H3. The van der Waals surface area contributed by atoms with Crippen molar-refractivity contribution >= 4 is 5.91 Å². The molecule has 0 rings (SSSR count). The summed E-state index contributed by atoms with van der Waals surface area (Å²) in [5, 5.41) is 1.26. The molecular formula is C8H17NO2. The number of hydrogen-bond acceptors (Lipinski definition) is 2. The van der Waals surface area contributed by atoms with Crippen molar-refractivity contribution in [3.05, 3.63) is 0 Å². The molecule has 0 aromatic rings. The summed E-state index contributed by atoms with van der Waals surface area (Å²) in [6, 6.07) is 0. The van der Waals surface area contributed by atoms with Gasteiger partial charge in [0.25, 0.3) is 0 Å². The third-order valence-corrected chi connectivity index (χ3v) is 1.31. The molecule has 0 saturated carbocycles. The molecule has 0 aromatic heterocycles. The summed E-state index contributed by atoms with van der Waals surface area (Å²) in [6.07, 6.45) is 0.511. The van der Waals surface area contributed by atoms with Crippen LogP contribution in [0.4, 0.5) is 0 Å². The second-order valence-corrected chi connectivity index (χ2v) is 3.81. The second kappa shape index (κ2) is 3.72. The minimum absolute atomic E-state index is 0.0139. The smallest absolute Gasteiger partial charge is 0.246 e. The molecule has 3 heteroatoms. The van der Waals surface area contributed by atoms with Crippen LogP contribution in [0.1, 0.15) is 27.2 Å². The fourth-order valence-corrected chi connectivity index (χ4v) is 0.667. The van der Waals surface area contributed by atoms with Crippen molar-refractivity contribution in [3.8, 4) is 0 Å². The molecule has 0 heterocycles. The molecule has 0 unspecified atom stereocenters. The molecule has 0 N–H and O–H groups in total. The van der Waals surface area contributed by atoms with Crippen molar-refractivity contribution in [3.63, 3.8) is 0 Å². The number of carbonyl (C=O) groups is 1. The van der Waals surface area contributed by atoms with Crippen LogP contribution in [0, 0.1) is 5.41 Å². The van der Waals surface area contributed by atoms with Gasteiger partial charge < -0.3 is 0 Å². The predicted octanol–water partition coefficient (Wildman–Crippen LogP) is 1.44. The fraction of sp³-hybridized carbons (Fsp3) is 0.875. The Morgan fingerprint density at radius 3 is 2.18 bits per heavy atom. The second-order valence-electron chi connectivity index (χ2n) is 3.81. The molecule has 0 fully saturated rings. The van der Waals surface area contributed by atoms with E-state index in [0.717, 1.165) is 0 Å². The summed E-state index contributed by atoms with van der Waals surface area (Å²) in [7, 11) is 3.11. The van der Waals surface area contributed by atoms with Crippen molar-refractivity contribution in [1.82, 2.24) is 5.06 Å². The van der Waals surface area contributed by atoms with Gasteiger partial charge in [0, 0.05) is 13.5 Å². The Balaban J connectivity index is 3.88. The van der Waals surface area contributed by atoms with Crippen LogP contribution in [-0.4, -0.2) is 25.1 Å². The molecule has 0 bridgehead atoms. The quantitative estimate of drug-likeness (QED) is 0.571. The highest BCUT2D eigenvalue weighted by atomic mass is 16.7. The van der Waals surface area contributed by atoms with Gasteiger partial charge in [0.2, 0.25) is 5.91 Å². The summed E-state index contributed by atoms with van der Waals surface area (Å²) in [4.78, 5) is 15.9. The van der Waals surface area contributed by atoms with Gasteiger partial charge in [-0.3, -0.25) is 9.63 Å². The van der Waals surface area contributed by atoms with Crippen LogP contribution < -0.4 is 0 Å². The molecule has 0 radical (unpaired) electrons. The van der Waals surface area contributed by atoms with E-state index in [1.807, 2.05) is 20.8 Å². The monoisotopic (exact) mass is 159 g/mol. The number of hydrogen-bond donors (Lipinski definition) is 0.